The summed E-state index contributed by atoms with van der Waals surface area (Å²) in [5, 5.41) is 6.30. The summed E-state index contributed by atoms with van der Waals surface area (Å²) in [7, 11) is 0. The molecule has 1 atom stereocenters. The first-order valence-corrected chi connectivity index (χ1v) is 6.74. The van der Waals surface area contributed by atoms with Crippen LogP contribution in [0.1, 0.15) is 23.2 Å². The summed E-state index contributed by atoms with van der Waals surface area (Å²) >= 11 is 0. The zero-order chi connectivity index (χ0) is 13.1. The molecule has 3 rings (SSSR count). The minimum Gasteiger partial charge on any atom is -0.486 e. The molecule has 0 aliphatic carbocycles. The number of ether oxygens (including phenoxy) is 2. The van der Waals surface area contributed by atoms with Crippen LogP contribution in [0.4, 0.5) is 0 Å². The van der Waals surface area contributed by atoms with Gasteiger partial charge in [-0.1, -0.05) is 0 Å². The Morgan fingerprint density at radius 1 is 1.32 bits per heavy atom. The molecule has 2 aliphatic rings. The van der Waals surface area contributed by atoms with E-state index in [4.69, 9.17) is 9.47 Å². The first-order valence-electron chi connectivity index (χ1n) is 6.74. The van der Waals surface area contributed by atoms with E-state index >= 15 is 0 Å². The minimum absolute atomic E-state index is 0.0642. The highest BCUT2D eigenvalue weighted by Crippen LogP contribution is 2.30. The van der Waals surface area contributed by atoms with Gasteiger partial charge in [0.2, 0.25) is 0 Å². The maximum atomic E-state index is 12.1. The van der Waals surface area contributed by atoms with Crippen molar-refractivity contribution in [2.45, 2.75) is 18.9 Å². The Bertz CT molecular complexity index is 470. The van der Waals surface area contributed by atoms with Crippen molar-refractivity contribution in [1.29, 1.82) is 0 Å². The molecule has 2 heterocycles. The van der Waals surface area contributed by atoms with E-state index in [-0.39, 0.29) is 5.91 Å². The molecule has 2 aliphatic heterocycles. The molecule has 1 aromatic rings. The number of rotatable bonds is 3. The van der Waals surface area contributed by atoms with Crippen molar-refractivity contribution in [2.24, 2.45) is 0 Å². The van der Waals surface area contributed by atoms with Gasteiger partial charge in [-0.05, 0) is 37.6 Å². The van der Waals surface area contributed by atoms with Gasteiger partial charge in [0, 0.05) is 18.2 Å². The number of benzene rings is 1. The second-order valence-electron chi connectivity index (χ2n) is 4.86. The number of amides is 1. The van der Waals surface area contributed by atoms with Crippen molar-refractivity contribution in [3.63, 3.8) is 0 Å². The zero-order valence-corrected chi connectivity index (χ0v) is 10.8. The van der Waals surface area contributed by atoms with Gasteiger partial charge in [0.05, 0.1) is 0 Å². The van der Waals surface area contributed by atoms with Gasteiger partial charge in [-0.3, -0.25) is 4.79 Å². The molecular weight excluding hydrogens is 244 g/mol. The normalized spacial score (nSPS) is 21.2. The van der Waals surface area contributed by atoms with Crippen LogP contribution in [0.3, 0.4) is 0 Å². The largest absolute Gasteiger partial charge is 0.486 e. The molecule has 0 spiro atoms. The van der Waals surface area contributed by atoms with Crippen LogP contribution in [0.5, 0.6) is 11.5 Å². The van der Waals surface area contributed by atoms with Crippen molar-refractivity contribution in [2.75, 3.05) is 26.3 Å². The van der Waals surface area contributed by atoms with Crippen molar-refractivity contribution in [1.82, 2.24) is 10.6 Å². The van der Waals surface area contributed by atoms with E-state index in [1.54, 1.807) is 18.2 Å². The van der Waals surface area contributed by atoms with Crippen molar-refractivity contribution in [3.8, 4) is 11.5 Å². The van der Waals surface area contributed by atoms with Gasteiger partial charge >= 0.3 is 0 Å². The molecule has 0 saturated carbocycles. The molecule has 5 heteroatoms. The molecule has 19 heavy (non-hydrogen) atoms. The summed E-state index contributed by atoms with van der Waals surface area (Å²) in [4.78, 5) is 12.1. The third-order valence-corrected chi connectivity index (χ3v) is 3.48. The van der Waals surface area contributed by atoms with E-state index < -0.39 is 0 Å². The summed E-state index contributed by atoms with van der Waals surface area (Å²) in [6, 6.07) is 5.70. The SMILES string of the molecule is O=C(NCC1CCCN1)c1ccc2c(c1)OCCO2. The van der Waals surface area contributed by atoms with Gasteiger partial charge in [0.15, 0.2) is 11.5 Å². The quantitative estimate of drug-likeness (QED) is 0.851. The van der Waals surface area contributed by atoms with Crippen molar-refractivity contribution in [3.05, 3.63) is 23.8 Å². The number of hydrogen-bond acceptors (Lipinski definition) is 4. The van der Waals surface area contributed by atoms with Crippen molar-refractivity contribution < 1.29 is 14.3 Å². The van der Waals surface area contributed by atoms with Crippen LogP contribution in [0, 0.1) is 0 Å². The molecule has 5 nitrogen and oxygen atoms in total. The number of fused-ring (bicyclic) bond motifs is 1. The molecule has 0 aromatic heterocycles. The Kier molecular flexibility index (Phi) is 3.55. The second kappa shape index (κ2) is 5.48. The molecule has 2 N–H and O–H groups in total. The number of carbonyl (C=O) groups is 1. The first kappa shape index (κ1) is 12.3. The second-order valence-corrected chi connectivity index (χ2v) is 4.86. The molecule has 1 aromatic carbocycles. The smallest absolute Gasteiger partial charge is 0.251 e. The Morgan fingerprint density at radius 3 is 2.95 bits per heavy atom. The Morgan fingerprint density at radius 2 is 2.16 bits per heavy atom. The molecule has 1 saturated heterocycles. The molecule has 1 unspecified atom stereocenters. The highest BCUT2D eigenvalue weighted by atomic mass is 16.6. The van der Waals surface area contributed by atoms with Crippen LogP contribution < -0.4 is 20.1 Å². The predicted octanol–water partition coefficient (Wildman–Crippen LogP) is 0.940. The standard InChI is InChI=1S/C14H18N2O3/c17-14(16-9-11-2-1-5-15-11)10-3-4-12-13(8-10)19-7-6-18-12/h3-4,8,11,15H,1-2,5-7,9H2,(H,16,17). The van der Waals surface area contributed by atoms with Crippen molar-refractivity contribution >= 4 is 5.91 Å². The Balaban J connectivity index is 1.62. The Labute approximate surface area is 112 Å². The van der Waals surface area contributed by atoms with E-state index in [0.717, 1.165) is 13.0 Å². The fourth-order valence-electron chi connectivity index (χ4n) is 2.43. The molecule has 1 amide bonds. The molecule has 1 fully saturated rings. The Hall–Kier alpha value is -1.75. The van der Waals surface area contributed by atoms with Gasteiger partial charge in [-0.15, -0.1) is 0 Å². The minimum atomic E-state index is -0.0642. The van der Waals surface area contributed by atoms with Gasteiger partial charge in [0.25, 0.3) is 5.91 Å². The lowest BCUT2D eigenvalue weighted by molar-refractivity contribution is 0.0949. The molecule has 0 bridgehead atoms. The number of hydrogen-bond donors (Lipinski definition) is 2. The fourth-order valence-corrected chi connectivity index (χ4v) is 2.43. The summed E-state index contributed by atoms with van der Waals surface area (Å²) < 4.78 is 10.9. The maximum absolute atomic E-state index is 12.1. The molecule has 0 radical (unpaired) electrons. The van der Waals surface area contributed by atoms with E-state index in [0.29, 0.717) is 42.9 Å². The third kappa shape index (κ3) is 2.81. The van der Waals surface area contributed by atoms with E-state index in [1.807, 2.05) is 0 Å². The predicted molar refractivity (Wildman–Crippen MR) is 70.8 cm³/mol. The van der Waals surface area contributed by atoms with E-state index in [2.05, 4.69) is 10.6 Å². The van der Waals surface area contributed by atoms with Crippen LogP contribution >= 0.6 is 0 Å². The topological polar surface area (TPSA) is 59.6 Å². The van der Waals surface area contributed by atoms with Crippen LogP contribution in [0.2, 0.25) is 0 Å². The van der Waals surface area contributed by atoms with Gasteiger partial charge in [-0.2, -0.15) is 0 Å². The average molecular weight is 262 g/mol. The van der Waals surface area contributed by atoms with Gasteiger partial charge in [-0.25, -0.2) is 0 Å². The molecule has 102 valence electrons. The lowest BCUT2D eigenvalue weighted by Gasteiger charge is -2.19. The molecular formula is C14H18N2O3. The number of nitrogens with one attached hydrogen (secondary N) is 2. The van der Waals surface area contributed by atoms with Crippen LogP contribution in [0.25, 0.3) is 0 Å². The van der Waals surface area contributed by atoms with Gasteiger partial charge in [0.1, 0.15) is 13.2 Å². The van der Waals surface area contributed by atoms with E-state index in [1.165, 1.54) is 6.42 Å². The zero-order valence-electron chi connectivity index (χ0n) is 10.8. The monoisotopic (exact) mass is 262 g/mol. The number of carbonyl (C=O) groups excluding carboxylic acids is 1. The average Bonchev–Trinajstić information content (AvgIpc) is 2.97. The summed E-state index contributed by atoms with van der Waals surface area (Å²) in [6.45, 7) is 2.81. The van der Waals surface area contributed by atoms with Crippen LogP contribution in [-0.2, 0) is 0 Å². The van der Waals surface area contributed by atoms with Crippen LogP contribution in [-0.4, -0.2) is 38.3 Å². The van der Waals surface area contributed by atoms with Crippen LogP contribution in [0.15, 0.2) is 18.2 Å². The highest BCUT2D eigenvalue weighted by molar-refractivity contribution is 5.94. The summed E-state index contributed by atoms with van der Waals surface area (Å²) in [5.74, 6) is 1.30. The maximum Gasteiger partial charge on any atom is 0.251 e. The fraction of sp³-hybridized carbons (Fsp3) is 0.500. The summed E-state index contributed by atoms with van der Waals surface area (Å²) in [5.41, 5.74) is 0.613. The summed E-state index contributed by atoms with van der Waals surface area (Å²) in [6.07, 6.45) is 2.31. The van der Waals surface area contributed by atoms with E-state index in [9.17, 15) is 4.79 Å². The first-order chi connectivity index (χ1) is 9.33. The lowest BCUT2D eigenvalue weighted by Crippen LogP contribution is -2.37. The highest BCUT2D eigenvalue weighted by Gasteiger charge is 2.17. The lowest BCUT2D eigenvalue weighted by atomic mass is 10.1. The third-order valence-electron chi connectivity index (χ3n) is 3.48. The van der Waals surface area contributed by atoms with Gasteiger partial charge < -0.3 is 20.1 Å².